The van der Waals surface area contributed by atoms with E-state index in [4.69, 9.17) is 9.47 Å². The Labute approximate surface area is 199 Å². The number of carbonyl (C=O) groups excluding carboxylic acids is 2. The van der Waals surface area contributed by atoms with E-state index in [-0.39, 0.29) is 23.5 Å². The fourth-order valence-electron chi connectivity index (χ4n) is 3.94. The number of benzene rings is 1. The van der Waals surface area contributed by atoms with Crippen LogP contribution in [0.3, 0.4) is 0 Å². The molecule has 2 aromatic rings. The van der Waals surface area contributed by atoms with Gasteiger partial charge in [0.05, 0.1) is 23.8 Å². The summed E-state index contributed by atoms with van der Waals surface area (Å²) in [5, 5.41) is 13.2. The van der Waals surface area contributed by atoms with E-state index in [1.165, 1.54) is 11.3 Å². The van der Waals surface area contributed by atoms with E-state index in [2.05, 4.69) is 0 Å². The van der Waals surface area contributed by atoms with E-state index < -0.39 is 17.7 Å². The van der Waals surface area contributed by atoms with Gasteiger partial charge in [0.15, 0.2) is 0 Å². The molecule has 1 saturated heterocycles. The Kier molecular flexibility index (Phi) is 7.97. The minimum atomic E-state index is -0.657. The molecule has 1 aromatic heterocycles. The number of aliphatic hydroxyl groups is 1. The van der Waals surface area contributed by atoms with Crippen molar-refractivity contribution in [1.82, 2.24) is 4.90 Å². The van der Waals surface area contributed by atoms with Crippen LogP contribution in [0, 0.1) is 13.8 Å². The number of hydrogen-bond donors (Lipinski definition) is 1. The quantitative estimate of drug-likeness (QED) is 0.230. The van der Waals surface area contributed by atoms with Crippen LogP contribution in [-0.2, 0) is 14.3 Å². The number of carbonyl (C=O) groups is 2. The summed E-state index contributed by atoms with van der Waals surface area (Å²) in [5.74, 6) is -0.685. The summed E-state index contributed by atoms with van der Waals surface area (Å²) in [6.07, 6.45) is 0.726. The van der Waals surface area contributed by atoms with Crippen LogP contribution in [0.15, 0.2) is 35.2 Å². The highest BCUT2D eigenvalue weighted by Gasteiger charge is 2.46. The third-order valence-corrected chi connectivity index (χ3v) is 6.57. The molecule has 1 unspecified atom stereocenters. The molecule has 1 aromatic carbocycles. The lowest BCUT2D eigenvalue weighted by atomic mass is 9.97. The van der Waals surface area contributed by atoms with Crippen LogP contribution >= 0.6 is 11.3 Å². The molecule has 0 aliphatic carbocycles. The van der Waals surface area contributed by atoms with Gasteiger partial charge < -0.3 is 19.5 Å². The van der Waals surface area contributed by atoms with Crippen molar-refractivity contribution >= 4 is 28.8 Å². The molecule has 0 saturated carbocycles. The first-order valence-electron chi connectivity index (χ1n) is 11.3. The largest absolute Gasteiger partial charge is 0.507 e. The molecule has 1 aliphatic heterocycles. The molecule has 1 fully saturated rings. The molecule has 2 heterocycles. The second kappa shape index (κ2) is 10.5. The van der Waals surface area contributed by atoms with Crippen LogP contribution < -0.4 is 4.74 Å². The zero-order chi connectivity index (χ0) is 24.3. The number of nitrogens with zero attached hydrogens (tertiary/aromatic N) is 1. The highest BCUT2D eigenvalue weighted by molar-refractivity contribution is 7.10. The average molecular weight is 472 g/mol. The maximum atomic E-state index is 13.1. The number of thiophene rings is 1. The van der Waals surface area contributed by atoms with Crippen molar-refractivity contribution in [3.8, 4) is 5.75 Å². The van der Waals surface area contributed by atoms with Crippen molar-refractivity contribution in [1.29, 1.82) is 0 Å². The summed E-state index contributed by atoms with van der Waals surface area (Å²) < 4.78 is 11.4. The van der Waals surface area contributed by atoms with Gasteiger partial charge in [0.1, 0.15) is 11.5 Å². The number of likely N-dealkylation sites (tertiary alicyclic amines) is 1. The second-order valence-corrected chi connectivity index (χ2v) is 9.83. The lowest BCUT2D eigenvalue weighted by molar-refractivity contribution is -0.140. The van der Waals surface area contributed by atoms with Gasteiger partial charge in [-0.2, -0.15) is 0 Å². The SMILES string of the molecule is Cc1cc(/C(O)=C2/C(=O)C(=O)N(CCCOC(C)C)C2c2sccc2C)ccc1OC(C)C. The number of rotatable bonds is 9. The molecule has 6 nitrogen and oxygen atoms in total. The van der Waals surface area contributed by atoms with Crippen molar-refractivity contribution in [2.45, 2.75) is 66.2 Å². The van der Waals surface area contributed by atoms with E-state index in [1.807, 2.05) is 53.0 Å². The molecular weight excluding hydrogens is 438 g/mol. The van der Waals surface area contributed by atoms with Gasteiger partial charge in [-0.15, -0.1) is 11.3 Å². The van der Waals surface area contributed by atoms with E-state index in [0.717, 1.165) is 21.8 Å². The summed E-state index contributed by atoms with van der Waals surface area (Å²) in [5.41, 5.74) is 2.45. The van der Waals surface area contributed by atoms with E-state index >= 15 is 0 Å². The Morgan fingerprint density at radius 1 is 1.09 bits per heavy atom. The van der Waals surface area contributed by atoms with Gasteiger partial charge in [-0.1, -0.05) is 0 Å². The normalized spacial score (nSPS) is 18.1. The van der Waals surface area contributed by atoms with Gasteiger partial charge in [-0.05, 0) is 88.7 Å². The van der Waals surface area contributed by atoms with Crippen molar-refractivity contribution in [3.63, 3.8) is 0 Å². The minimum absolute atomic E-state index is 0.0231. The van der Waals surface area contributed by atoms with Crippen molar-refractivity contribution in [2.24, 2.45) is 0 Å². The summed E-state index contributed by atoms with van der Waals surface area (Å²) >= 11 is 1.48. The Bertz CT molecular complexity index is 1050. The molecular formula is C26H33NO5S. The zero-order valence-electron chi connectivity index (χ0n) is 20.2. The summed E-state index contributed by atoms with van der Waals surface area (Å²) in [6.45, 7) is 12.5. The number of Topliss-reactive ketones (excluding diaryl/α,β-unsaturated/α-hetero) is 1. The first kappa shape index (κ1) is 25.0. The molecule has 1 N–H and O–H groups in total. The smallest absolute Gasteiger partial charge is 0.295 e. The van der Waals surface area contributed by atoms with E-state index in [1.54, 1.807) is 23.1 Å². The second-order valence-electron chi connectivity index (χ2n) is 8.88. The fourth-order valence-corrected chi connectivity index (χ4v) is 4.99. The molecule has 7 heteroatoms. The number of aliphatic hydroxyl groups excluding tert-OH is 1. The number of hydrogen-bond acceptors (Lipinski definition) is 6. The molecule has 1 amide bonds. The summed E-state index contributed by atoms with van der Waals surface area (Å²) in [6, 6.07) is 6.65. The number of aryl methyl sites for hydroxylation is 2. The lowest BCUT2D eigenvalue weighted by Gasteiger charge is -2.25. The van der Waals surface area contributed by atoms with Crippen molar-refractivity contribution in [3.05, 3.63) is 56.8 Å². The van der Waals surface area contributed by atoms with Crippen molar-refractivity contribution in [2.75, 3.05) is 13.2 Å². The van der Waals surface area contributed by atoms with Crippen LogP contribution in [0.2, 0.25) is 0 Å². The van der Waals surface area contributed by atoms with Gasteiger partial charge >= 0.3 is 0 Å². The maximum Gasteiger partial charge on any atom is 0.295 e. The summed E-state index contributed by atoms with van der Waals surface area (Å²) in [7, 11) is 0. The summed E-state index contributed by atoms with van der Waals surface area (Å²) in [4.78, 5) is 28.6. The predicted molar refractivity (Wildman–Crippen MR) is 131 cm³/mol. The Morgan fingerprint density at radius 2 is 1.82 bits per heavy atom. The standard InChI is InChI=1S/C26H33NO5S/c1-15(2)31-12-7-11-27-22(25-17(5)10-13-33-25)21(24(29)26(27)30)23(28)19-8-9-20(18(6)14-19)32-16(3)4/h8-10,13-16,22,28H,7,11-12H2,1-6H3/b23-21-. The highest BCUT2D eigenvalue weighted by Crippen LogP contribution is 2.42. The molecule has 33 heavy (non-hydrogen) atoms. The monoisotopic (exact) mass is 471 g/mol. The topological polar surface area (TPSA) is 76.1 Å². The molecule has 178 valence electrons. The lowest BCUT2D eigenvalue weighted by Crippen LogP contribution is -2.31. The molecule has 0 bridgehead atoms. The van der Waals surface area contributed by atoms with Crippen molar-refractivity contribution < 1.29 is 24.2 Å². The minimum Gasteiger partial charge on any atom is -0.507 e. The zero-order valence-corrected chi connectivity index (χ0v) is 21.0. The third kappa shape index (κ3) is 5.47. The van der Waals surface area contributed by atoms with Crippen LogP contribution in [0.5, 0.6) is 5.75 Å². The fraction of sp³-hybridized carbons (Fsp3) is 0.462. The molecule has 0 radical (unpaired) electrons. The molecule has 1 atom stereocenters. The van der Waals surface area contributed by atoms with E-state index in [9.17, 15) is 14.7 Å². The number of amides is 1. The van der Waals surface area contributed by atoms with Gasteiger partial charge in [0.2, 0.25) is 0 Å². The van der Waals surface area contributed by atoms with Gasteiger partial charge in [0, 0.05) is 23.6 Å². The molecule has 0 spiro atoms. The van der Waals surface area contributed by atoms with Gasteiger partial charge in [-0.3, -0.25) is 9.59 Å². The van der Waals surface area contributed by atoms with E-state index in [0.29, 0.717) is 25.1 Å². The van der Waals surface area contributed by atoms with Crippen LogP contribution in [-0.4, -0.2) is 47.1 Å². The first-order chi connectivity index (χ1) is 15.6. The number of ketones is 1. The van der Waals surface area contributed by atoms with Crippen LogP contribution in [0.1, 0.15) is 61.7 Å². The Balaban J connectivity index is 2.01. The molecule has 3 rings (SSSR count). The number of ether oxygens (including phenoxy) is 2. The first-order valence-corrected chi connectivity index (χ1v) is 12.2. The van der Waals surface area contributed by atoms with Crippen LogP contribution in [0.4, 0.5) is 0 Å². The van der Waals surface area contributed by atoms with Gasteiger partial charge in [0.25, 0.3) is 11.7 Å². The maximum absolute atomic E-state index is 13.1. The van der Waals surface area contributed by atoms with Gasteiger partial charge in [-0.25, -0.2) is 0 Å². The van der Waals surface area contributed by atoms with Crippen LogP contribution in [0.25, 0.3) is 5.76 Å². The third-order valence-electron chi connectivity index (χ3n) is 5.50. The highest BCUT2D eigenvalue weighted by atomic mass is 32.1. The average Bonchev–Trinajstić information content (AvgIpc) is 3.27. The Morgan fingerprint density at radius 3 is 2.39 bits per heavy atom. The molecule has 1 aliphatic rings. The predicted octanol–water partition coefficient (Wildman–Crippen LogP) is 5.39. The Hall–Kier alpha value is -2.64.